The summed E-state index contributed by atoms with van der Waals surface area (Å²) in [6.45, 7) is 4.09. The second-order valence-electron chi connectivity index (χ2n) is 6.95. The molecule has 0 saturated carbocycles. The number of aromatic nitrogens is 3. The molecule has 1 saturated heterocycles. The largest absolute Gasteiger partial charge is 0.384 e. The van der Waals surface area contributed by atoms with Gasteiger partial charge in [-0.15, -0.1) is 0 Å². The van der Waals surface area contributed by atoms with Crippen molar-refractivity contribution in [2.24, 2.45) is 0 Å². The van der Waals surface area contributed by atoms with Crippen molar-refractivity contribution in [1.82, 2.24) is 19.5 Å². The molecule has 5 nitrogen and oxygen atoms in total. The van der Waals surface area contributed by atoms with Crippen LogP contribution in [0.15, 0.2) is 30.3 Å². The van der Waals surface area contributed by atoms with Crippen LogP contribution in [0.1, 0.15) is 35.7 Å². The number of anilines is 1. The lowest BCUT2D eigenvalue weighted by molar-refractivity contribution is 0.201. The van der Waals surface area contributed by atoms with E-state index in [0.717, 1.165) is 49.0 Å². The highest BCUT2D eigenvalue weighted by molar-refractivity contribution is 5.48. The SMILES string of the molecule is Cc1cc2nc(C3CCN(Cc4ccc(F)cc4F)CC3)cc(N)n2n1. The van der Waals surface area contributed by atoms with E-state index in [1.54, 1.807) is 4.52 Å². The van der Waals surface area contributed by atoms with E-state index in [4.69, 9.17) is 10.7 Å². The highest BCUT2D eigenvalue weighted by atomic mass is 19.1. The van der Waals surface area contributed by atoms with Crippen LogP contribution in [-0.2, 0) is 6.54 Å². The molecule has 1 aromatic carbocycles. The summed E-state index contributed by atoms with van der Waals surface area (Å²) < 4.78 is 28.5. The predicted octanol–water partition coefficient (Wildman–Crippen LogP) is 3.28. The lowest BCUT2D eigenvalue weighted by Gasteiger charge is -2.31. The van der Waals surface area contributed by atoms with Crippen molar-refractivity contribution in [1.29, 1.82) is 0 Å². The second-order valence-corrected chi connectivity index (χ2v) is 6.95. The standard InChI is InChI=1S/C19H21F2N5/c1-12-8-19-23-17(10-18(22)26(19)24-12)13-4-6-25(7-5-13)11-14-2-3-15(20)9-16(14)21/h2-3,8-10,13H,4-7,11,22H2,1H3. The number of nitrogens with two attached hydrogens (primary N) is 1. The highest BCUT2D eigenvalue weighted by Gasteiger charge is 2.23. The van der Waals surface area contributed by atoms with Crippen LogP contribution >= 0.6 is 0 Å². The number of hydrogen-bond acceptors (Lipinski definition) is 4. The van der Waals surface area contributed by atoms with Gasteiger partial charge in [-0.2, -0.15) is 9.61 Å². The maximum absolute atomic E-state index is 13.8. The molecule has 0 aliphatic carbocycles. The lowest BCUT2D eigenvalue weighted by atomic mass is 9.93. The van der Waals surface area contributed by atoms with Gasteiger partial charge in [-0.25, -0.2) is 13.8 Å². The third kappa shape index (κ3) is 3.26. The fraction of sp³-hybridized carbons (Fsp3) is 0.368. The number of likely N-dealkylation sites (tertiary alicyclic amines) is 1. The number of rotatable bonds is 3. The number of nitrogen functional groups attached to an aromatic ring is 1. The van der Waals surface area contributed by atoms with Gasteiger partial charge in [0, 0.05) is 41.9 Å². The van der Waals surface area contributed by atoms with Gasteiger partial charge in [-0.1, -0.05) is 6.07 Å². The van der Waals surface area contributed by atoms with Crippen molar-refractivity contribution in [2.75, 3.05) is 18.8 Å². The van der Waals surface area contributed by atoms with Gasteiger partial charge >= 0.3 is 0 Å². The average molecular weight is 357 g/mol. The van der Waals surface area contributed by atoms with E-state index in [1.165, 1.54) is 12.1 Å². The van der Waals surface area contributed by atoms with Crippen molar-refractivity contribution in [2.45, 2.75) is 32.2 Å². The number of benzene rings is 1. The number of hydrogen-bond donors (Lipinski definition) is 1. The van der Waals surface area contributed by atoms with Crippen LogP contribution in [0.3, 0.4) is 0 Å². The van der Waals surface area contributed by atoms with Crippen molar-refractivity contribution < 1.29 is 8.78 Å². The third-order valence-corrected chi connectivity index (χ3v) is 5.01. The molecule has 3 aromatic rings. The Bertz CT molecular complexity index is 944. The first kappa shape index (κ1) is 16.9. The van der Waals surface area contributed by atoms with Gasteiger partial charge in [0.1, 0.15) is 17.5 Å². The Morgan fingerprint density at radius 1 is 1.15 bits per heavy atom. The first-order chi connectivity index (χ1) is 12.5. The zero-order valence-electron chi connectivity index (χ0n) is 14.6. The number of aryl methyl sites for hydroxylation is 1. The van der Waals surface area contributed by atoms with Crippen LogP contribution in [0.4, 0.5) is 14.6 Å². The van der Waals surface area contributed by atoms with Crippen LogP contribution in [0.2, 0.25) is 0 Å². The van der Waals surface area contributed by atoms with Gasteiger partial charge in [0.05, 0.1) is 5.69 Å². The van der Waals surface area contributed by atoms with Gasteiger partial charge in [0.15, 0.2) is 5.65 Å². The Hall–Kier alpha value is -2.54. The van der Waals surface area contributed by atoms with Gasteiger partial charge in [-0.3, -0.25) is 4.90 Å². The van der Waals surface area contributed by atoms with Crippen LogP contribution in [-0.4, -0.2) is 32.6 Å². The molecule has 26 heavy (non-hydrogen) atoms. The Labute approximate surface area is 150 Å². The minimum absolute atomic E-state index is 0.326. The number of fused-ring (bicyclic) bond motifs is 1. The van der Waals surface area contributed by atoms with Crippen molar-refractivity contribution in [3.63, 3.8) is 0 Å². The minimum Gasteiger partial charge on any atom is -0.384 e. The second kappa shape index (κ2) is 6.64. The zero-order chi connectivity index (χ0) is 18.3. The summed E-state index contributed by atoms with van der Waals surface area (Å²) in [5.41, 5.74) is 9.29. The Balaban J connectivity index is 1.45. The lowest BCUT2D eigenvalue weighted by Crippen LogP contribution is -2.33. The topological polar surface area (TPSA) is 59.5 Å². The molecule has 0 spiro atoms. The summed E-state index contributed by atoms with van der Waals surface area (Å²) in [5, 5.41) is 4.33. The molecule has 1 fully saturated rings. The summed E-state index contributed by atoms with van der Waals surface area (Å²) in [6.07, 6.45) is 1.86. The van der Waals surface area contributed by atoms with Crippen molar-refractivity contribution >= 4 is 11.5 Å². The van der Waals surface area contributed by atoms with Gasteiger partial charge < -0.3 is 5.73 Å². The van der Waals surface area contributed by atoms with Crippen LogP contribution in [0, 0.1) is 18.6 Å². The monoisotopic (exact) mass is 357 g/mol. The van der Waals surface area contributed by atoms with Crippen LogP contribution in [0.25, 0.3) is 5.65 Å². The smallest absolute Gasteiger partial charge is 0.157 e. The van der Waals surface area contributed by atoms with Crippen molar-refractivity contribution in [3.05, 3.63) is 58.9 Å². The molecule has 136 valence electrons. The molecule has 1 aliphatic heterocycles. The fourth-order valence-electron chi connectivity index (χ4n) is 3.62. The molecule has 2 aromatic heterocycles. The quantitative estimate of drug-likeness (QED) is 0.782. The van der Waals surface area contributed by atoms with E-state index in [1.807, 2.05) is 19.1 Å². The Morgan fingerprint density at radius 2 is 1.92 bits per heavy atom. The van der Waals surface area contributed by atoms with E-state index in [-0.39, 0.29) is 0 Å². The molecule has 0 bridgehead atoms. The van der Waals surface area contributed by atoms with E-state index >= 15 is 0 Å². The molecule has 0 atom stereocenters. The Morgan fingerprint density at radius 3 is 2.65 bits per heavy atom. The van der Waals surface area contributed by atoms with E-state index in [2.05, 4.69) is 10.00 Å². The summed E-state index contributed by atoms with van der Waals surface area (Å²) >= 11 is 0. The normalized spacial score (nSPS) is 16.4. The molecule has 0 amide bonds. The maximum atomic E-state index is 13.8. The zero-order valence-corrected chi connectivity index (χ0v) is 14.6. The average Bonchev–Trinajstić information content (AvgIpc) is 2.99. The molecule has 0 unspecified atom stereocenters. The molecule has 0 radical (unpaired) electrons. The summed E-state index contributed by atoms with van der Waals surface area (Å²) in [5.74, 6) is -0.108. The number of nitrogens with zero attached hydrogens (tertiary/aromatic N) is 4. The molecule has 2 N–H and O–H groups in total. The van der Waals surface area contributed by atoms with Crippen molar-refractivity contribution in [3.8, 4) is 0 Å². The summed E-state index contributed by atoms with van der Waals surface area (Å²) in [6, 6.07) is 7.60. The fourth-order valence-corrected chi connectivity index (χ4v) is 3.62. The third-order valence-electron chi connectivity index (χ3n) is 5.01. The van der Waals surface area contributed by atoms with E-state index < -0.39 is 11.6 Å². The number of piperidine rings is 1. The van der Waals surface area contributed by atoms with E-state index in [9.17, 15) is 8.78 Å². The van der Waals surface area contributed by atoms with Gasteiger partial charge in [0.25, 0.3) is 0 Å². The molecule has 1 aliphatic rings. The summed E-state index contributed by atoms with van der Waals surface area (Å²) in [4.78, 5) is 6.91. The number of halogens is 2. The summed E-state index contributed by atoms with van der Waals surface area (Å²) in [7, 11) is 0. The van der Waals surface area contributed by atoms with Gasteiger partial charge in [0.2, 0.25) is 0 Å². The predicted molar refractivity (Wildman–Crippen MR) is 95.7 cm³/mol. The highest BCUT2D eigenvalue weighted by Crippen LogP contribution is 2.29. The molecule has 7 heteroatoms. The van der Waals surface area contributed by atoms with E-state index in [0.29, 0.717) is 23.8 Å². The molecular formula is C19H21F2N5. The van der Waals surface area contributed by atoms with Crippen LogP contribution < -0.4 is 5.73 Å². The first-order valence-electron chi connectivity index (χ1n) is 8.78. The van der Waals surface area contributed by atoms with Crippen LogP contribution in [0.5, 0.6) is 0 Å². The molecular weight excluding hydrogens is 336 g/mol. The molecule has 3 heterocycles. The minimum atomic E-state index is -0.542. The Kier molecular flexibility index (Phi) is 4.32. The molecule has 4 rings (SSSR count). The first-order valence-corrected chi connectivity index (χ1v) is 8.78. The maximum Gasteiger partial charge on any atom is 0.157 e. The van der Waals surface area contributed by atoms with Gasteiger partial charge in [-0.05, 0) is 38.9 Å².